The van der Waals surface area contributed by atoms with Gasteiger partial charge >= 0.3 is 6.01 Å². The SMILES string of the molecule is c1ccc2oc(NC3=NCCN3)nc2c1. The van der Waals surface area contributed by atoms with Gasteiger partial charge in [-0.05, 0) is 12.1 Å². The molecule has 0 atom stereocenters. The number of hydrogen-bond acceptors (Lipinski definition) is 5. The Kier molecular flexibility index (Phi) is 1.81. The molecule has 0 bridgehead atoms. The van der Waals surface area contributed by atoms with Crippen LogP contribution in [-0.2, 0) is 0 Å². The van der Waals surface area contributed by atoms with Gasteiger partial charge in [0.25, 0.3) is 0 Å². The highest BCUT2D eigenvalue weighted by Crippen LogP contribution is 2.17. The van der Waals surface area contributed by atoms with Crippen molar-refractivity contribution in [3.63, 3.8) is 0 Å². The van der Waals surface area contributed by atoms with Gasteiger partial charge in [0.1, 0.15) is 5.52 Å². The summed E-state index contributed by atoms with van der Waals surface area (Å²) in [6.45, 7) is 1.66. The summed E-state index contributed by atoms with van der Waals surface area (Å²) in [5, 5.41) is 6.08. The van der Waals surface area contributed by atoms with Crippen LogP contribution in [0.4, 0.5) is 6.01 Å². The largest absolute Gasteiger partial charge is 0.423 e. The van der Waals surface area contributed by atoms with Crippen LogP contribution in [-0.4, -0.2) is 24.0 Å². The maximum Gasteiger partial charge on any atom is 0.302 e. The first-order chi connectivity index (χ1) is 7.42. The maximum atomic E-state index is 5.49. The molecule has 15 heavy (non-hydrogen) atoms. The van der Waals surface area contributed by atoms with Crippen LogP contribution < -0.4 is 10.6 Å². The molecule has 0 fully saturated rings. The Morgan fingerprint density at radius 1 is 1.33 bits per heavy atom. The van der Waals surface area contributed by atoms with Crippen molar-refractivity contribution in [3.8, 4) is 0 Å². The number of oxazole rings is 1. The molecule has 0 spiro atoms. The molecule has 2 aromatic rings. The van der Waals surface area contributed by atoms with Crippen LogP contribution in [0.5, 0.6) is 0 Å². The summed E-state index contributed by atoms with van der Waals surface area (Å²) in [5.41, 5.74) is 1.62. The van der Waals surface area contributed by atoms with Crippen molar-refractivity contribution in [1.82, 2.24) is 10.3 Å². The van der Waals surface area contributed by atoms with Crippen LogP contribution in [0.3, 0.4) is 0 Å². The van der Waals surface area contributed by atoms with E-state index in [9.17, 15) is 0 Å². The summed E-state index contributed by atoms with van der Waals surface area (Å²) in [4.78, 5) is 8.47. The van der Waals surface area contributed by atoms with Gasteiger partial charge in [-0.15, -0.1) is 0 Å². The number of aromatic nitrogens is 1. The number of aliphatic imine (C=N–C) groups is 1. The summed E-state index contributed by atoms with van der Waals surface area (Å²) < 4.78 is 5.49. The average molecular weight is 202 g/mol. The van der Waals surface area contributed by atoms with Gasteiger partial charge in [0.05, 0.1) is 6.54 Å². The van der Waals surface area contributed by atoms with Crippen LogP contribution >= 0.6 is 0 Å². The van der Waals surface area contributed by atoms with Gasteiger partial charge in [0.15, 0.2) is 11.5 Å². The lowest BCUT2D eigenvalue weighted by Gasteiger charge is -1.99. The zero-order chi connectivity index (χ0) is 10.1. The van der Waals surface area contributed by atoms with E-state index in [4.69, 9.17) is 4.42 Å². The fourth-order valence-electron chi connectivity index (χ4n) is 1.51. The molecule has 1 aromatic carbocycles. The zero-order valence-electron chi connectivity index (χ0n) is 8.03. The molecular formula is C10H10N4O. The predicted molar refractivity (Wildman–Crippen MR) is 57.9 cm³/mol. The smallest absolute Gasteiger partial charge is 0.302 e. The van der Waals surface area contributed by atoms with Gasteiger partial charge in [-0.1, -0.05) is 12.1 Å². The standard InChI is InChI=1S/C10H10N4O/c1-2-4-8-7(3-1)13-10(15-8)14-9-11-5-6-12-9/h1-4H,5-6H2,(H2,11,12,13,14). The number of hydrogen-bond donors (Lipinski definition) is 2. The highest BCUT2D eigenvalue weighted by molar-refractivity contribution is 5.93. The van der Waals surface area contributed by atoms with E-state index >= 15 is 0 Å². The summed E-state index contributed by atoms with van der Waals surface area (Å²) in [6, 6.07) is 8.12. The number of benzene rings is 1. The second kappa shape index (κ2) is 3.27. The van der Waals surface area contributed by atoms with E-state index in [1.54, 1.807) is 0 Å². The summed E-state index contributed by atoms with van der Waals surface area (Å²) in [6.07, 6.45) is 0. The fourth-order valence-corrected chi connectivity index (χ4v) is 1.51. The van der Waals surface area contributed by atoms with Crippen LogP contribution in [0.25, 0.3) is 11.1 Å². The van der Waals surface area contributed by atoms with Gasteiger partial charge in [0.2, 0.25) is 0 Å². The Bertz CT molecular complexity index is 484. The molecule has 0 radical (unpaired) electrons. The number of guanidine groups is 1. The lowest BCUT2D eigenvalue weighted by molar-refractivity contribution is 0.624. The number of nitrogens with one attached hydrogen (secondary N) is 2. The van der Waals surface area contributed by atoms with Crippen molar-refractivity contribution in [2.75, 3.05) is 18.4 Å². The van der Waals surface area contributed by atoms with Crippen LogP contribution in [0, 0.1) is 0 Å². The third kappa shape index (κ3) is 1.52. The monoisotopic (exact) mass is 202 g/mol. The van der Waals surface area contributed by atoms with E-state index in [0.717, 1.165) is 30.1 Å². The Labute approximate surface area is 86.2 Å². The molecule has 0 unspecified atom stereocenters. The minimum Gasteiger partial charge on any atom is -0.423 e. The highest BCUT2D eigenvalue weighted by atomic mass is 16.4. The number of rotatable bonds is 1. The fraction of sp³-hybridized carbons (Fsp3) is 0.200. The molecule has 0 saturated carbocycles. The minimum atomic E-state index is 0.476. The van der Waals surface area contributed by atoms with Crippen molar-refractivity contribution < 1.29 is 4.42 Å². The molecule has 5 nitrogen and oxygen atoms in total. The first-order valence-electron chi connectivity index (χ1n) is 4.83. The summed E-state index contributed by atoms with van der Waals surface area (Å²) in [5.74, 6) is 0.724. The topological polar surface area (TPSA) is 62.5 Å². The second-order valence-electron chi connectivity index (χ2n) is 3.27. The van der Waals surface area contributed by atoms with Crippen molar-refractivity contribution in [1.29, 1.82) is 0 Å². The maximum absolute atomic E-state index is 5.49. The number of anilines is 1. The Morgan fingerprint density at radius 3 is 3.07 bits per heavy atom. The highest BCUT2D eigenvalue weighted by Gasteiger charge is 2.09. The second-order valence-corrected chi connectivity index (χ2v) is 3.27. The van der Waals surface area contributed by atoms with E-state index in [-0.39, 0.29) is 0 Å². The molecule has 0 saturated heterocycles. The zero-order valence-corrected chi connectivity index (χ0v) is 8.03. The normalized spacial score (nSPS) is 15.1. The summed E-state index contributed by atoms with van der Waals surface area (Å²) >= 11 is 0. The molecule has 1 aliphatic heterocycles. The van der Waals surface area contributed by atoms with Gasteiger partial charge < -0.3 is 9.73 Å². The third-order valence-corrected chi connectivity index (χ3v) is 2.19. The molecule has 1 aliphatic rings. The Balaban J connectivity index is 1.91. The third-order valence-electron chi connectivity index (χ3n) is 2.19. The molecule has 2 heterocycles. The number of nitrogens with zero attached hydrogens (tertiary/aromatic N) is 2. The van der Waals surface area contributed by atoms with Gasteiger partial charge in [-0.3, -0.25) is 10.3 Å². The van der Waals surface area contributed by atoms with Crippen LogP contribution in [0.2, 0.25) is 0 Å². The first kappa shape index (κ1) is 8.28. The molecule has 3 rings (SSSR count). The van der Waals surface area contributed by atoms with Crippen LogP contribution in [0.15, 0.2) is 33.7 Å². The first-order valence-corrected chi connectivity index (χ1v) is 4.83. The average Bonchev–Trinajstić information content (AvgIpc) is 2.86. The van der Waals surface area contributed by atoms with Crippen molar-refractivity contribution in [2.45, 2.75) is 0 Å². The van der Waals surface area contributed by atoms with E-state index in [0.29, 0.717) is 6.01 Å². The molecule has 1 aromatic heterocycles. The molecule has 0 amide bonds. The van der Waals surface area contributed by atoms with Crippen molar-refractivity contribution in [2.24, 2.45) is 4.99 Å². The number of fused-ring (bicyclic) bond motifs is 1. The predicted octanol–water partition coefficient (Wildman–Crippen LogP) is 1.20. The van der Waals surface area contributed by atoms with E-state index in [2.05, 4.69) is 20.6 Å². The lowest BCUT2D eigenvalue weighted by Crippen LogP contribution is -2.26. The quantitative estimate of drug-likeness (QED) is 0.729. The van der Waals surface area contributed by atoms with Crippen molar-refractivity contribution in [3.05, 3.63) is 24.3 Å². The van der Waals surface area contributed by atoms with Gasteiger partial charge in [0, 0.05) is 6.54 Å². The molecule has 0 aliphatic carbocycles. The lowest BCUT2D eigenvalue weighted by atomic mass is 10.3. The summed E-state index contributed by atoms with van der Waals surface area (Å²) in [7, 11) is 0. The number of para-hydroxylation sites is 2. The van der Waals surface area contributed by atoms with E-state index in [1.807, 2.05) is 24.3 Å². The van der Waals surface area contributed by atoms with E-state index in [1.165, 1.54) is 0 Å². The Morgan fingerprint density at radius 2 is 2.27 bits per heavy atom. The molecular weight excluding hydrogens is 192 g/mol. The van der Waals surface area contributed by atoms with E-state index < -0.39 is 0 Å². The molecule has 5 heteroatoms. The van der Waals surface area contributed by atoms with Crippen LogP contribution in [0.1, 0.15) is 0 Å². The minimum absolute atomic E-state index is 0.476. The molecule has 76 valence electrons. The Hall–Kier alpha value is -2.04. The van der Waals surface area contributed by atoms with Gasteiger partial charge in [-0.2, -0.15) is 4.98 Å². The van der Waals surface area contributed by atoms with Gasteiger partial charge in [-0.25, -0.2) is 0 Å². The van der Waals surface area contributed by atoms with Crippen molar-refractivity contribution >= 4 is 23.1 Å². The molecule has 2 N–H and O–H groups in total.